The van der Waals surface area contributed by atoms with Gasteiger partial charge in [-0.3, -0.25) is 14.2 Å². The number of para-hydroxylation sites is 1. The van der Waals surface area contributed by atoms with Gasteiger partial charge < -0.3 is 15.5 Å². The second-order valence-corrected chi connectivity index (χ2v) is 5.93. The average molecular weight is 357 g/mol. The van der Waals surface area contributed by atoms with Crippen molar-refractivity contribution < 1.29 is 14.0 Å². The first-order valence-electron chi connectivity index (χ1n) is 7.37. The first-order valence-corrected chi connectivity index (χ1v) is 8.36. The molecule has 0 aliphatic carbocycles. The molecule has 0 fully saturated rings. The minimum absolute atomic E-state index is 0.0798. The number of hydrogen-bond acceptors (Lipinski definition) is 6. The molecule has 0 saturated heterocycles. The molecule has 0 atom stereocenters. The van der Waals surface area contributed by atoms with E-state index >= 15 is 0 Å². The first-order chi connectivity index (χ1) is 12.1. The Kier molecular flexibility index (Phi) is 5.14. The van der Waals surface area contributed by atoms with Gasteiger partial charge in [-0.25, -0.2) is 0 Å². The maximum absolute atomic E-state index is 11.8. The fourth-order valence-electron chi connectivity index (χ4n) is 2.11. The fraction of sp³-hybridized carbons (Fsp3) is 0.125. The van der Waals surface area contributed by atoms with E-state index in [-0.39, 0.29) is 18.2 Å². The van der Waals surface area contributed by atoms with Crippen molar-refractivity contribution in [2.75, 3.05) is 12.3 Å². The molecule has 128 valence electrons. The number of furan rings is 1. The summed E-state index contributed by atoms with van der Waals surface area (Å²) in [6.45, 7) is -0.192. The lowest BCUT2D eigenvalue weighted by molar-refractivity contribution is -0.123. The summed E-state index contributed by atoms with van der Waals surface area (Å²) in [5.74, 6) is 0.283. The smallest absolute Gasteiger partial charge is 0.236 e. The summed E-state index contributed by atoms with van der Waals surface area (Å²) in [5, 5.41) is 11.3. The molecule has 8 nitrogen and oxygen atoms in total. The molecule has 3 rings (SSSR count). The van der Waals surface area contributed by atoms with E-state index in [1.165, 1.54) is 11.8 Å². The summed E-state index contributed by atoms with van der Waals surface area (Å²) >= 11 is 1.20. The molecule has 0 aliphatic rings. The van der Waals surface area contributed by atoms with Gasteiger partial charge in [-0.1, -0.05) is 30.0 Å². The van der Waals surface area contributed by atoms with Crippen LogP contribution in [0.25, 0.3) is 17.3 Å². The van der Waals surface area contributed by atoms with Crippen LogP contribution in [-0.4, -0.2) is 38.9 Å². The Labute approximate surface area is 147 Å². The van der Waals surface area contributed by atoms with Gasteiger partial charge in [0, 0.05) is 5.69 Å². The van der Waals surface area contributed by atoms with Gasteiger partial charge in [0.05, 0.1) is 18.6 Å². The summed E-state index contributed by atoms with van der Waals surface area (Å²) in [4.78, 5) is 22.5. The van der Waals surface area contributed by atoms with Crippen molar-refractivity contribution in [3.63, 3.8) is 0 Å². The molecule has 0 unspecified atom stereocenters. The number of nitrogens with one attached hydrogen (secondary N) is 1. The van der Waals surface area contributed by atoms with Crippen LogP contribution in [0, 0.1) is 0 Å². The van der Waals surface area contributed by atoms with Crippen molar-refractivity contribution in [3.05, 3.63) is 48.7 Å². The van der Waals surface area contributed by atoms with E-state index < -0.39 is 5.91 Å². The Morgan fingerprint density at radius 2 is 1.96 bits per heavy atom. The third-order valence-electron chi connectivity index (χ3n) is 3.18. The van der Waals surface area contributed by atoms with E-state index in [1.54, 1.807) is 18.4 Å². The molecule has 9 heteroatoms. The molecule has 2 amide bonds. The van der Waals surface area contributed by atoms with Gasteiger partial charge in [0.25, 0.3) is 0 Å². The van der Waals surface area contributed by atoms with E-state index in [4.69, 9.17) is 10.2 Å². The molecule has 2 aromatic heterocycles. The predicted octanol–water partition coefficient (Wildman–Crippen LogP) is 1.22. The molecule has 0 aliphatic heterocycles. The second-order valence-electron chi connectivity index (χ2n) is 4.99. The van der Waals surface area contributed by atoms with Crippen LogP contribution in [0.15, 0.2) is 58.3 Å². The number of hydrogen-bond donors (Lipinski definition) is 2. The number of nitrogens with zero attached hydrogens (tertiary/aromatic N) is 3. The number of thioether (sulfide) groups is 1. The van der Waals surface area contributed by atoms with E-state index in [9.17, 15) is 9.59 Å². The average Bonchev–Trinajstić information content (AvgIpc) is 3.28. The molecular formula is C16H15N5O3S. The predicted molar refractivity (Wildman–Crippen MR) is 92.0 cm³/mol. The van der Waals surface area contributed by atoms with Crippen LogP contribution in [0.5, 0.6) is 0 Å². The Balaban J connectivity index is 1.85. The minimum atomic E-state index is -0.592. The summed E-state index contributed by atoms with van der Waals surface area (Å²) < 4.78 is 7.23. The number of carbonyl (C=O) groups excluding carboxylic acids is 2. The number of aromatic nitrogens is 3. The first kappa shape index (κ1) is 16.8. The van der Waals surface area contributed by atoms with Gasteiger partial charge in [0.15, 0.2) is 10.9 Å². The lowest BCUT2D eigenvalue weighted by Crippen LogP contribution is -2.34. The standard InChI is InChI=1S/C16H15N5O3S/c17-13(22)9-18-14(23)10-25-16-20-19-15(12-7-4-8-24-12)21(16)11-5-2-1-3-6-11/h1-8H,9-10H2,(H2,17,22)(H,18,23). The molecule has 0 radical (unpaired) electrons. The quantitative estimate of drug-likeness (QED) is 0.614. The van der Waals surface area contributed by atoms with Crippen LogP contribution in [0.4, 0.5) is 0 Å². The van der Waals surface area contributed by atoms with Crippen molar-refractivity contribution >= 4 is 23.6 Å². The molecule has 25 heavy (non-hydrogen) atoms. The molecule has 3 N–H and O–H groups in total. The molecular weight excluding hydrogens is 342 g/mol. The minimum Gasteiger partial charge on any atom is -0.461 e. The van der Waals surface area contributed by atoms with Crippen LogP contribution >= 0.6 is 11.8 Å². The topological polar surface area (TPSA) is 116 Å². The van der Waals surface area contributed by atoms with Gasteiger partial charge in [0.2, 0.25) is 17.6 Å². The zero-order valence-electron chi connectivity index (χ0n) is 13.1. The molecule has 0 saturated carbocycles. The number of benzene rings is 1. The third-order valence-corrected chi connectivity index (χ3v) is 4.11. The molecule has 3 aromatic rings. The SMILES string of the molecule is NC(=O)CNC(=O)CSc1nnc(-c2ccco2)n1-c1ccccc1. The van der Waals surface area contributed by atoms with Crippen LogP contribution < -0.4 is 11.1 Å². The monoisotopic (exact) mass is 357 g/mol. The number of amides is 2. The van der Waals surface area contributed by atoms with Crippen LogP contribution in [0.2, 0.25) is 0 Å². The van der Waals surface area contributed by atoms with E-state index in [2.05, 4.69) is 15.5 Å². The van der Waals surface area contributed by atoms with Crippen molar-refractivity contribution in [3.8, 4) is 17.3 Å². The Hall–Kier alpha value is -3.07. The molecule has 1 aromatic carbocycles. The van der Waals surface area contributed by atoms with Crippen molar-refractivity contribution in [2.45, 2.75) is 5.16 Å². The summed E-state index contributed by atoms with van der Waals surface area (Å²) in [6, 6.07) is 13.1. The zero-order valence-corrected chi connectivity index (χ0v) is 13.9. The molecule has 2 heterocycles. The maximum atomic E-state index is 11.8. The maximum Gasteiger partial charge on any atom is 0.236 e. The van der Waals surface area contributed by atoms with E-state index in [0.717, 1.165) is 5.69 Å². The Bertz CT molecular complexity index is 861. The fourth-order valence-corrected chi connectivity index (χ4v) is 2.89. The summed E-state index contributed by atoms with van der Waals surface area (Å²) in [6.07, 6.45) is 1.56. The van der Waals surface area contributed by atoms with Crippen LogP contribution in [0.3, 0.4) is 0 Å². The third kappa shape index (κ3) is 4.07. The number of primary amides is 1. The van der Waals surface area contributed by atoms with Crippen LogP contribution in [-0.2, 0) is 9.59 Å². The lowest BCUT2D eigenvalue weighted by atomic mass is 10.3. The van der Waals surface area contributed by atoms with Crippen LogP contribution in [0.1, 0.15) is 0 Å². The van der Waals surface area contributed by atoms with Crippen molar-refractivity contribution in [2.24, 2.45) is 5.73 Å². The Morgan fingerprint density at radius 3 is 2.64 bits per heavy atom. The van der Waals surface area contributed by atoms with Gasteiger partial charge in [-0.2, -0.15) is 0 Å². The molecule has 0 bridgehead atoms. The van der Waals surface area contributed by atoms with Gasteiger partial charge >= 0.3 is 0 Å². The summed E-state index contributed by atoms with van der Waals surface area (Å²) in [7, 11) is 0. The Morgan fingerprint density at radius 1 is 1.16 bits per heavy atom. The zero-order chi connectivity index (χ0) is 17.6. The van der Waals surface area contributed by atoms with Gasteiger partial charge in [0.1, 0.15) is 0 Å². The number of rotatable bonds is 7. The lowest BCUT2D eigenvalue weighted by Gasteiger charge is -2.09. The van der Waals surface area contributed by atoms with E-state index in [1.807, 2.05) is 34.9 Å². The second kappa shape index (κ2) is 7.67. The number of nitrogens with two attached hydrogens (primary N) is 1. The van der Waals surface area contributed by atoms with Gasteiger partial charge in [-0.15, -0.1) is 10.2 Å². The highest BCUT2D eigenvalue weighted by Gasteiger charge is 2.18. The van der Waals surface area contributed by atoms with Crippen molar-refractivity contribution in [1.29, 1.82) is 0 Å². The highest BCUT2D eigenvalue weighted by molar-refractivity contribution is 7.99. The van der Waals surface area contributed by atoms with E-state index in [0.29, 0.717) is 16.7 Å². The van der Waals surface area contributed by atoms with Crippen molar-refractivity contribution in [1.82, 2.24) is 20.1 Å². The molecule has 0 spiro atoms. The normalized spacial score (nSPS) is 10.6. The highest BCUT2D eigenvalue weighted by atomic mass is 32.2. The van der Waals surface area contributed by atoms with Gasteiger partial charge in [-0.05, 0) is 24.3 Å². The number of carbonyl (C=O) groups is 2. The highest BCUT2D eigenvalue weighted by Crippen LogP contribution is 2.27. The largest absolute Gasteiger partial charge is 0.461 e. The summed E-state index contributed by atoms with van der Waals surface area (Å²) in [5.41, 5.74) is 5.85.